The molecule has 0 heterocycles. The fraction of sp³-hybridized carbons (Fsp3) is 0.417. The number of nitrogens with one attached hydrogen (secondary N) is 2. The molecule has 0 spiro atoms. The molecule has 2 unspecified atom stereocenters. The maximum absolute atomic E-state index is 14.7. The smallest absolute Gasteiger partial charge is 0.408 e. The molecule has 1 aliphatic carbocycles. The molecule has 43 heavy (non-hydrogen) atoms. The lowest BCUT2D eigenvalue weighted by molar-refractivity contribution is -0.145. The number of anilines is 1. The maximum Gasteiger partial charge on any atom is 0.408 e. The summed E-state index contributed by atoms with van der Waals surface area (Å²) >= 11 is 0. The van der Waals surface area contributed by atoms with Crippen molar-refractivity contribution in [2.75, 3.05) is 5.32 Å². The normalized spacial score (nSPS) is 14.7. The second kappa shape index (κ2) is 13.4. The van der Waals surface area contributed by atoms with Crippen molar-refractivity contribution in [1.82, 2.24) is 10.2 Å². The number of aryl methyl sites for hydroxylation is 4. The molecular weight excluding hydrogens is 538 g/mol. The standard InChI is InChI=1S/C36H45N3O4/c1-23-19-20-28(21-26(23)4)32(33(40)38-31-24(2)13-11-14-25(31)3)39(29-17-12-18-29)34(41)30(22-27-15-9-8-10-16-27)37-35(42)43-36(5,6)7/h8-11,13-16,19-21,29-30,32H,12,17-18,22H2,1-7H3,(H,37,42)(H,38,40). The lowest BCUT2D eigenvalue weighted by atomic mass is 9.87. The minimum absolute atomic E-state index is 0.137. The Morgan fingerprint density at radius 1 is 0.860 bits per heavy atom. The highest BCUT2D eigenvalue weighted by atomic mass is 16.6. The van der Waals surface area contributed by atoms with E-state index in [0.717, 1.165) is 58.3 Å². The summed E-state index contributed by atoms with van der Waals surface area (Å²) in [4.78, 5) is 43.8. The number of carbonyl (C=O) groups excluding carboxylic acids is 3. The second-order valence-electron chi connectivity index (χ2n) is 12.7. The molecule has 3 aromatic rings. The van der Waals surface area contributed by atoms with Gasteiger partial charge in [-0.2, -0.15) is 0 Å². The molecule has 7 nitrogen and oxygen atoms in total. The lowest BCUT2D eigenvalue weighted by Gasteiger charge is -2.43. The number of nitrogens with zero attached hydrogens (tertiary/aromatic N) is 1. The molecule has 0 radical (unpaired) electrons. The first-order valence-corrected chi connectivity index (χ1v) is 15.1. The van der Waals surface area contributed by atoms with Crippen LogP contribution in [0.5, 0.6) is 0 Å². The van der Waals surface area contributed by atoms with Crippen LogP contribution in [0.1, 0.15) is 79.5 Å². The molecule has 4 rings (SSSR count). The van der Waals surface area contributed by atoms with E-state index < -0.39 is 23.8 Å². The van der Waals surface area contributed by atoms with Gasteiger partial charge in [-0.3, -0.25) is 9.59 Å². The molecule has 2 N–H and O–H groups in total. The van der Waals surface area contributed by atoms with Gasteiger partial charge in [-0.15, -0.1) is 0 Å². The fourth-order valence-corrected chi connectivity index (χ4v) is 5.44. The van der Waals surface area contributed by atoms with E-state index >= 15 is 0 Å². The zero-order valence-electron chi connectivity index (χ0n) is 26.5. The molecule has 7 heteroatoms. The van der Waals surface area contributed by atoms with Gasteiger partial charge in [0.15, 0.2) is 0 Å². The first kappa shape index (κ1) is 31.8. The third-order valence-corrected chi connectivity index (χ3v) is 8.10. The van der Waals surface area contributed by atoms with Gasteiger partial charge in [-0.25, -0.2) is 4.79 Å². The fourth-order valence-electron chi connectivity index (χ4n) is 5.44. The summed E-state index contributed by atoms with van der Waals surface area (Å²) in [5.41, 5.74) is 5.69. The summed E-state index contributed by atoms with van der Waals surface area (Å²) < 4.78 is 5.56. The average Bonchev–Trinajstić information content (AvgIpc) is 2.90. The summed E-state index contributed by atoms with van der Waals surface area (Å²) in [7, 11) is 0. The Labute approximate surface area is 256 Å². The van der Waals surface area contributed by atoms with Crippen molar-refractivity contribution in [2.45, 2.75) is 97.9 Å². The third-order valence-electron chi connectivity index (χ3n) is 8.10. The van der Waals surface area contributed by atoms with Gasteiger partial charge in [0, 0.05) is 18.2 Å². The van der Waals surface area contributed by atoms with E-state index in [9.17, 15) is 14.4 Å². The molecular formula is C36H45N3O4. The summed E-state index contributed by atoms with van der Waals surface area (Å²) in [5, 5.41) is 6.02. The number of benzene rings is 3. The largest absolute Gasteiger partial charge is 0.444 e. The van der Waals surface area contributed by atoms with Crippen LogP contribution in [0.25, 0.3) is 0 Å². The van der Waals surface area contributed by atoms with Gasteiger partial charge in [0.05, 0.1) is 0 Å². The van der Waals surface area contributed by atoms with Crippen molar-refractivity contribution in [3.8, 4) is 0 Å². The Hall–Kier alpha value is -4.13. The Morgan fingerprint density at radius 3 is 2.07 bits per heavy atom. The summed E-state index contributed by atoms with van der Waals surface area (Å²) in [6, 6.07) is 19.4. The van der Waals surface area contributed by atoms with Crippen LogP contribution in [0.3, 0.4) is 0 Å². The van der Waals surface area contributed by atoms with Crippen LogP contribution in [-0.4, -0.2) is 40.5 Å². The maximum atomic E-state index is 14.7. The molecule has 1 aliphatic rings. The zero-order chi connectivity index (χ0) is 31.3. The molecule has 0 saturated heterocycles. The molecule has 0 aromatic heterocycles. The molecule has 1 fully saturated rings. The number of hydrogen-bond donors (Lipinski definition) is 2. The van der Waals surface area contributed by atoms with Gasteiger partial charge in [0.25, 0.3) is 5.91 Å². The van der Waals surface area contributed by atoms with E-state index in [1.54, 1.807) is 25.7 Å². The van der Waals surface area contributed by atoms with Crippen LogP contribution in [-0.2, 0) is 20.7 Å². The lowest BCUT2D eigenvalue weighted by Crippen LogP contribution is -2.57. The molecule has 228 valence electrons. The SMILES string of the molecule is Cc1ccc(C(C(=O)Nc2c(C)cccc2C)N(C(=O)C(Cc2ccccc2)NC(=O)OC(C)(C)C)C2CCC2)cc1C. The minimum Gasteiger partial charge on any atom is -0.444 e. The number of carbonyl (C=O) groups is 3. The van der Waals surface area contributed by atoms with E-state index in [4.69, 9.17) is 4.74 Å². The van der Waals surface area contributed by atoms with Crippen LogP contribution >= 0.6 is 0 Å². The van der Waals surface area contributed by atoms with E-state index in [2.05, 4.69) is 10.6 Å². The highest BCUT2D eigenvalue weighted by Crippen LogP contribution is 2.35. The zero-order valence-corrected chi connectivity index (χ0v) is 26.5. The van der Waals surface area contributed by atoms with E-state index in [1.165, 1.54) is 0 Å². The minimum atomic E-state index is -0.931. The second-order valence-corrected chi connectivity index (χ2v) is 12.7. The van der Waals surface area contributed by atoms with Crippen LogP contribution in [0, 0.1) is 27.7 Å². The van der Waals surface area contributed by atoms with Crippen LogP contribution in [0.2, 0.25) is 0 Å². The Balaban J connectivity index is 1.78. The van der Waals surface area contributed by atoms with E-state index in [0.29, 0.717) is 0 Å². The predicted octanol–water partition coefficient (Wildman–Crippen LogP) is 7.12. The van der Waals surface area contributed by atoms with Crippen molar-refractivity contribution in [3.63, 3.8) is 0 Å². The summed E-state index contributed by atoms with van der Waals surface area (Å²) in [6.07, 6.45) is 2.14. The Morgan fingerprint density at radius 2 is 1.51 bits per heavy atom. The average molecular weight is 584 g/mol. The molecule has 1 saturated carbocycles. The van der Waals surface area contributed by atoms with E-state index in [-0.39, 0.29) is 24.3 Å². The number of ether oxygens (including phenoxy) is 1. The van der Waals surface area contributed by atoms with Crippen molar-refractivity contribution >= 4 is 23.6 Å². The Bertz CT molecular complexity index is 1440. The topological polar surface area (TPSA) is 87.7 Å². The van der Waals surface area contributed by atoms with Crippen molar-refractivity contribution < 1.29 is 19.1 Å². The predicted molar refractivity (Wildman–Crippen MR) is 171 cm³/mol. The quantitative estimate of drug-likeness (QED) is 0.281. The highest BCUT2D eigenvalue weighted by molar-refractivity contribution is 6.00. The molecule has 0 bridgehead atoms. The monoisotopic (exact) mass is 583 g/mol. The highest BCUT2D eigenvalue weighted by Gasteiger charge is 2.42. The van der Waals surface area contributed by atoms with Gasteiger partial charge in [0.2, 0.25) is 5.91 Å². The van der Waals surface area contributed by atoms with Crippen LogP contribution in [0.15, 0.2) is 66.7 Å². The van der Waals surface area contributed by atoms with Gasteiger partial charge in [-0.1, -0.05) is 66.7 Å². The van der Waals surface area contributed by atoms with Crippen LogP contribution < -0.4 is 10.6 Å². The first-order chi connectivity index (χ1) is 20.3. The number of hydrogen-bond acceptors (Lipinski definition) is 4. The molecule has 3 aromatic carbocycles. The van der Waals surface area contributed by atoms with E-state index in [1.807, 2.05) is 94.4 Å². The Kier molecular flexibility index (Phi) is 9.95. The van der Waals surface area contributed by atoms with Crippen molar-refractivity contribution in [2.24, 2.45) is 0 Å². The van der Waals surface area contributed by atoms with Gasteiger partial charge in [0.1, 0.15) is 17.7 Å². The molecule has 0 aliphatic heterocycles. The number of para-hydroxylation sites is 1. The first-order valence-electron chi connectivity index (χ1n) is 15.1. The molecule has 2 atom stereocenters. The summed E-state index contributed by atoms with van der Waals surface area (Å²) in [5.74, 6) is -0.587. The van der Waals surface area contributed by atoms with Gasteiger partial charge in [-0.05, 0) is 101 Å². The van der Waals surface area contributed by atoms with Crippen molar-refractivity contribution in [1.29, 1.82) is 0 Å². The third kappa shape index (κ3) is 8.04. The number of alkyl carbamates (subject to hydrolysis) is 1. The summed E-state index contributed by atoms with van der Waals surface area (Å²) in [6.45, 7) is 13.3. The van der Waals surface area contributed by atoms with Gasteiger partial charge < -0.3 is 20.3 Å². The van der Waals surface area contributed by atoms with Crippen molar-refractivity contribution in [3.05, 3.63) is 100 Å². The number of amides is 3. The van der Waals surface area contributed by atoms with Gasteiger partial charge >= 0.3 is 6.09 Å². The number of rotatable bonds is 9. The van der Waals surface area contributed by atoms with Crippen LogP contribution in [0.4, 0.5) is 10.5 Å². The molecule has 3 amide bonds.